The Morgan fingerprint density at radius 3 is 2.45 bits per heavy atom. The first-order valence-electron chi connectivity index (χ1n) is 7.07. The zero-order valence-electron chi connectivity index (χ0n) is 11.9. The summed E-state index contributed by atoms with van der Waals surface area (Å²) in [6.45, 7) is 0.581. The van der Waals surface area contributed by atoms with Gasteiger partial charge in [-0.3, -0.25) is 9.69 Å². The molecule has 1 atom stereocenters. The minimum Gasteiger partial charge on any atom is -0.465 e. The number of carbonyl (C=O) groups excluding carboxylic acids is 1. The predicted octanol–water partition coefficient (Wildman–Crippen LogP) is 2.33. The lowest BCUT2D eigenvalue weighted by Crippen LogP contribution is -2.62. The van der Waals surface area contributed by atoms with E-state index in [4.69, 9.17) is 0 Å². The number of nitrogens with zero attached hydrogens (tertiary/aromatic N) is 1. The zero-order chi connectivity index (χ0) is 15.5. The van der Waals surface area contributed by atoms with Crippen LogP contribution in [-0.2, 0) is 11.3 Å². The number of β-lactam (4-membered cyclic amide) rings is 1. The van der Waals surface area contributed by atoms with E-state index in [0.29, 0.717) is 6.54 Å². The van der Waals surface area contributed by atoms with E-state index in [9.17, 15) is 14.7 Å². The van der Waals surface area contributed by atoms with Gasteiger partial charge in [0.1, 0.15) is 6.04 Å². The van der Waals surface area contributed by atoms with Gasteiger partial charge < -0.3 is 10.4 Å². The minimum atomic E-state index is -1.08. The highest BCUT2D eigenvalue weighted by atomic mass is 16.4. The molecule has 0 saturated carbocycles. The Balaban J connectivity index is 1.83. The number of rotatable bonds is 4. The summed E-state index contributed by atoms with van der Waals surface area (Å²) in [7, 11) is 0. The molecule has 0 spiro atoms. The molecule has 2 amide bonds. The fourth-order valence-corrected chi connectivity index (χ4v) is 2.52. The summed E-state index contributed by atoms with van der Waals surface area (Å²) in [5.41, 5.74) is 2.97. The number of hydrogen-bond donors (Lipinski definition) is 2. The Hall–Kier alpha value is -2.82. The number of benzene rings is 2. The topological polar surface area (TPSA) is 69.6 Å². The van der Waals surface area contributed by atoms with Crippen LogP contribution in [0, 0.1) is 0 Å². The SMILES string of the molecule is O=C1NC[C@@H]1N(Cc1cccc(-c2ccccc2)c1)C(=O)O. The standard InChI is InChI=1S/C17H16N2O3/c20-16-15(10-18-16)19(17(21)22)11-12-5-4-8-14(9-12)13-6-2-1-3-7-13/h1-9,15H,10-11H2,(H,18,20)(H,21,22)/t15-/m0/s1. The summed E-state index contributed by atoms with van der Waals surface area (Å²) >= 11 is 0. The number of carbonyl (C=O) groups is 2. The van der Waals surface area contributed by atoms with Gasteiger partial charge in [0.05, 0.1) is 0 Å². The van der Waals surface area contributed by atoms with E-state index in [0.717, 1.165) is 16.7 Å². The molecule has 5 nitrogen and oxygen atoms in total. The van der Waals surface area contributed by atoms with E-state index in [2.05, 4.69) is 5.32 Å². The van der Waals surface area contributed by atoms with Crippen LogP contribution in [0.5, 0.6) is 0 Å². The molecule has 1 aliphatic rings. The second-order valence-corrected chi connectivity index (χ2v) is 5.24. The van der Waals surface area contributed by atoms with E-state index in [1.165, 1.54) is 4.90 Å². The van der Waals surface area contributed by atoms with Crippen molar-refractivity contribution in [2.75, 3.05) is 6.54 Å². The van der Waals surface area contributed by atoms with Crippen LogP contribution in [0.2, 0.25) is 0 Å². The molecule has 1 saturated heterocycles. The fourth-order valence-electron chi connectivity index (χ4n) is 2.52. The van der Waals surface area contributed by atoms with Gasteiger partial charge in [-0.1, -0.05) is 48.5 Å². The van der Waals surface area contributed by atoms with Crippen molar-refractivity contribution >= 4 is 12.0 Å². The molecule has 22 heavy (non-hydrogen) atoms. The maximum Gasteiger partial charge on any atom is 0.408 e. The average Bonchev–Trinajstić information content (AvgIpc) is 2.54. The van der Waals surface area contributed by atoms with Crippen molar-refractivity contribution in [3.05, 3.63) is 60.2 Å². The molecule has 1 fully saturated rings. The second-order valence-electron chi connectivity index (χ2n) is 5.24. The highest BCUT2D eigenvalue weighted by Crippen LogP contribution is 2.21. The lowest BCUT2D eigenvalue weighted by atomic mass is 10.0. The van der Waals surface area contributed by atoms with Crippen LogP contribution < -0.4 is 5.32 Å². The van der Waals surface area contributed by atoms with E-state index < -0.39 is 12.1 Å². The number of amides is 2. The minimum absolute atomic E-state index is 0.202. The van der Waals surface area contributed by atoms with Gasteiger partial charge in [-0.2, -0.15) is 0 Å². The Morgan fingerprint density at radius 2 is 1.86 bits per heavy atom. The molecule has 3 rings (SSSR count). The van der Waals surface area contributed by atoms with Crippen molar-refractivity contribution in [2.24, 2.45) is 0 Å². The van der Waals surface area contributed by atoms with Crippen molar-refractivity contribution in [3.8, 4) is 11.1 Å². The number of nitrogens with one attached hydrogen (secondary N) is 1. The molecule has 112 valence electrons. The molecular weight excluding hydrogens is 280 g/mol. The van der Waals surface area contributed by atoms with Crippen LogP contribution >= 0.6 is 0 Å². The largest absolute Gasteiger partial charge is 0.465 e. The lowest BCUT2D eigenvalue weighted by molar-refractivity contribution is -0.132. The molecule has 5 heteroatoms. The first-order chi connectivity index (χ1) is 10.6. The maximum atomic E-state index is 11.4. The zero-order valence-corrected chi connectivity index (χ0v) is 11.9. The van der Waals surface area contributed by atoms with Gasteiger partial charge >= 0.3 is 6.09 Å². The van der Waals surface area contributed by atoms with E-state index in [1.54, 1.807) is 0 Å². The third-order valence-electron chi connectivity index (χ3n) is 3.78. The highest BCUT2D eigenvalue weighted by Gasteiger charge is 2.36. The van der Waals surface area contributed by atoms with E-state index in [-0.39, 0.29) is 12.5 Å². The van der Waals surface area contributed by atoms with Gasteiger partial charge in [-0.25, -0.2) is 4.79 Å². The maximum absolute atomic E-state index is 11.4. The molecule has 2 aromatic rings. The molecular formula is C17H16N2O3. The Morgan fingerprint density at radius 1 is 1.14 bits per heavy atom. The van der Waals surface area contributed by atoms with Gasteiger partial charge in [0, 0.05) is 13.1 Å². The summed E-state index contributed by atoms with van der Waals surface area (Å²) in [5, 5.41) is 11.9. The van der Waals surface area contributed by atoms with Crippen LogP contribution in [0.25, 0.3) is 11.1 Å². The predicted molar refractivity (Wildman–Crippen MR) is 82.2 cm³/mol. The van der Waals surface area contributed by atoms with E-state index >= 15 is 0 Å². The van der Waals surface area contributed by atoms with Crippen LogP contribution in [0.3, 0.4) is 0 Å². The summed E-state index contributed by atoms with van der Waals surface area (Å²) in [5.74, 6) is -0.235. The third-order valence-corrected chi connectivity index (χ3v) is 3.78. The summed E-state index contributed by atoms with van der Waals surface area (Å²) in [6.07, 6.45) is -1.08. The molecule has 2 N–H and O–H groups in total. The van der Waals surface area contributed by atoms with Crippen molar-refractivity contribution in [2.45, 2.75) is 12.6 Å². The first kappa shape index (κ1) is 14.1. The summed E-state index contributed by atoms with van der Waals surface area (Å²) in [6, 6.07) is 17.0. The van der Waals surface area contributed by atoms with Gasteiger partial charge in [-0.15, -0.1) is 0 Å². The summed E-state index contributed by atoms with van der Waals surface area (Å²) < 4.78 is 0. The third kappa shape index (κ3) is 2.79. The van der Waals surface area contributed by atoms with Crippen LogP contribution in [0.4, 0.5) is 4.79 Å². The van der Waals surface area contributed by atoms with Gasteiger partial charge in [0.15, 0.2) is 0 Å². The number of carboxylic acid groups (broad SMARTS) is 1. The fraction of sp³-hybridized carbons (Fsp3) is 0.176. The Kier molecular flexibility index (Phi) is 3.78. The molecule has 0 unspecified atom stereocenters. The number of hydrogen-bond acceptors (Lipinski definition) is 2. The smallest absolute Gasteiger partial charge is 0.408 e. The van der Waals surface area contributed by atoms with Gasteiger partial charge in [-0.05, 0) is 22.8 Å². The first-order valence-corrected chi connectivity index (χ1v) is 7.07. The molecule has 1 heterocycles. The van der Waals surface area contributed by atoms with Crippen molar-refractivity contribution in [3.63, 3.8) is 0 Å². The summed E-state index contributed by atoms with van der Waals surface area (Å²) in [4.78, 5) is 24.0. The average molecular weight is 296 g/mol. The molecule has 0 aromatic heterocycles. The quantitative estimate of drug-likeness (QED) is 0.851. The Bertz CT molecular complexity index is 700. The highest BCUT2D eigenvalue weighted by molar-refractivity contribution is 5.90. The van der Waals surface area contributed by atoms with Crippen molar-refractivity contribution < 1.29 is 14.7 Å². The van der Waals surface area contributed by atoms with Crippen LogP contribution in [0.1, 0.15) is 5.56 Å². The van der Waals surface area contributed by atoms with Gasteiger partial charge in [0.25, 0.3) is 0 Å². The van der Waals surface area contributed by atoms with E-state index in [1.807, 2.05) is 54.6 Å². The van der Waals surface area contributed by atoms with Gasteiger partial charge in [0.2, 0.25) is 5.91 Å². The Labute approximate surface area is 128 Å². The van der Waals surface area contributed by atoms with Crippen LogP contribution in [0.15, 0.2) is 54.6 Å². The molecule has 1 aliphatic heterocycles. The lowest BCUT2D eigenvalue weighted by Gasteiger charge is -2.34. The monoisotopic (exact) mass is 296 g/mol. The molecule has 2 aromatic carbocycles. The molecule has 0 radical (unpaired) electrons. The second kappa shape index (κ2) is 5.89. The molecule has 0 aliphatic carbocycles. The van der Waals surface area contributed by atoms with Crippen molar-refractivity contribution in [1.82, 2.24) is 10.2 Å². The van der Waals surface area contributed by atoms with Crippen LogP contribution in [-0.4, -0.2) is 34.6 Å². The van der Waals surface area contributed by atoms with Crippen molar-refractivity contribution in [1.29, 1.82) is 0 Å². The molecule has 0 bridgehead atoms. The normalized spacial score (nSPS) is 16.5.